The molecule has 92 valence electrons. The zero-order chi connectivity index (χ0) is 13.1. The quantitative estimate of drug-likeness (QED) is 0.574. The molecule has 1 aliphatic rings. The first-order chi connectivity index (χ1) is 8.58. The van der Waals surface area contributed by atoms with Crippen molar-refractivity contribution in [1.82, 2.24) is 9.88 Å². The van der Waals surface area contributed by atoms with E-state index in [-0.39, 0.29) is 4.32 Å². The van der Waals surface area contributed by atoms with Crippen LogP contribution in [0.2, 0.25) is 0 Å². The van der Waals surface area contributed by atoms with Gasteiger partial charge in [0.25, 0.3) is 5.91 Å². The van der Waals surface area contributed by atoms with Crippen LogP contribution in [0.3, 0.4) is 0 Å². The average molecular weight is 279 g/mol. The minimum Gasteiger partial charge on any atom is -0.548 e. The minimum absolute atomic E-state index is 0.226. The summed E-state index contributed by atoms with van der Waals surface area (Å²) in [5, 5.41) is 10.5. The van der Waals surface area contributed by atoms with Crippen molar-refractivity contribution in [2.45, 2.75) is 0 Å². The number of pyridine rings is 1. The molecule has 1 fully saturated rings. The van der Waals surface area contributed by atoms with Gasteiger partial charge in [0.15, 0.2) is 0 Å². The molecule has 0 aliphatic carbocycles. The van der Waals surface area contributed by atoms with Crippen molar-refractivity contribution in [3.8, 4) is 0 Å². The highest BCUT2D eigenvalue weighted by atomic mass is 32.2. The molecule has 1 aliphatic heterocycles. The lowest BCUT2D eigenvalue weighted by Gasteiger charge is -2.14. The molecule has 0 spiro atoms. The Morgan fingerprint density at radius 3 is 2.78 bits per heavy atom. The molecule has 18 heavy (non-hydrogen) atoms. The molecule has 0 radical (unpaired) electrons. The molecular weight excluding hydrogens is 272 g/mol. The highest BCUT2D eigenvalue weighted by Gasteiger charge is 2.31. The van der Waals surface area contributed by atoms with E-state index in [1.54, 1.807) is 30.6 Å². The number of rotatable bonds is 3. The van der Waals surface area contributed by atoms with E-state index >= 15 is 0 Å². The van der Waals surface area contributed by atoms with Gasteiger partial charge in [-0.25, -0.2) is 0 Å². The fraction of sp³-hybridized carbons (Fsp3) is 0.0909. The van der Waals surface area contributed by atoms with Crippen molar-refractivity contribution < 1.29 is 14.7 Å². The van der Waals surface area contributed by atoms with Crippen molar-refractivity contribution in [2.24, 2.45) is 0 Å². The molecule has 0 unspecified atom stereocenters. The Hall–Kier alpha value is -1.73. The van der Waals surface area contributed by atoms with Gasteiger partial charge in [-0.05, 0) is 23.8 Å². The number of thiocarbonyl (C=S) groups is 1. The van der Waals surface area contributed by atoms with Gasteiger partial charge >= 0.3 is 0 Å². The van der Waals surface area contributed by atoms with Crippen molar-refractivity contribution >= 4 is 46.3 Å². The number of carbonyl (C=O) groups excluding carboxylic acids is 2. The average Bonchev–Trinajstić information content (AvgIpc) is 2.58. The summed E-state index contributed by atoms with van der Waals surface area (Å²) in [7, 11) is 0. The summed E-state index contributed by atoms with van der Waals surface area (Å²) in [5.41, 5.74) is 0.805. The Kier molecular flexibility index (Phi) is 3.73. The molecule has 7 heteroatoms. The molecular formula is C11H7N2O3S2-. The van der Waals surface area contributed by atoms with E-state index in [1.807, 2.05) is 0 Å². The smallest absolute Gasteiger partial charge is 0.266 e. The van der Waals surface area contributed by atoms with Crippen molar-refractivity contribution in [1.29, 1.82) is 0 Å². The number of nitrogens with zero attached hydrogens (tertiary/aromatic N) is 2. The van der Waals surface area contributed by atoms with Gasteiger partial charge in [-0.3, -0.25) is 14.7 Å². The van der Waals surface area contributed by atoms with E-state index in [4.69, 9.17) is 12.2 Å². The predicted molar refractivity (Wildman–Crippen MR) is 69.1 cm³/mol. The van der Waals surface area contributed by atoms with Gasteiger partial charge in [0.05, 0.1) is 17.4 Å². The maximum absolute atomic E-state index is 11.9. The van der Waals surface area contributed by atoms with Crippen LogP contribution in [-0.2, 0) is 9.59 Å². The van der Waals surface area contributed by atoms with Crippen molar-refractivity contribution in [2.75, 3.05) is 6.54 Å². The monoisotopic (exact) mass is 279 g/mol. The summed E-state index contributed by atoms with van der Waals surface area (Å²) in [6.07, 6.45) is 4.86. The van der Waals surface area contributed by atoms with Gasteiger partial charge in [-0.1, -0.05) is 24.0 Å². The van der Waals surface area contributed by atoms with E-state index in [9.17, 15) is 14.7 Å². The Morgan fingerprint density at radius 2 is 2.17 bits per heavy atom. The van der Waals surface area contributed by atoms with Gasteiger partial charge in [0.1, 0.15) is 4.32 Å². The van der Waals surface area contributed by atoms with Gasteiger partial charge < -0.3 is 9.90 Å². The van der Waals surface area contributed by atoms with E-state index in [0.29, 0.717) is 4.91 Å². The largest absolute Gasteiger partial charge is 0.548 e. The summed E-state index contributed by atoms with van der Waals surface area (Å²) in [5.74, 6) is -1.75. The lowest BCUT2D eigenvalue weighted by molar-refractivity contribution is -0.305. The zero-order valence-corrected chi connectivity index (χ0v) is 10.7. The molecule has 2 heterocycles. The maximum Gasteiger partial charge on any atom is 0.266 e. The molecule has 1 aromatic rings. The summed E-state index contributed by atoms with van der Waals surface area (Å²) in [6, 6.07) is 3.48. The molecule has 0 atom stereocenters. The van der Waals surface area contributed by atoms with E-state index in [1.165, 1.54) is 0 Å². The third-order valence-corrected chi connectivity index (χ3v) is 3.54. The second-order valence-corrected chi connectivity index (χ2v) is 5.10. The Labute approximate surface area is 113 Å². The Bertz CT molecular complexity index is 542. The predicted octanol–water partition coefficient (Wildman–Crippen LogP) is 0.0327. The third kappa shape index (κ3) is 2.74. The van der Waals surface area contributed by atoms with Crippen LogP contribution in [0.25, 0.3) is 6.08 Å². The summed E-state index contributed by atoms with van der Waals surface area (Å²) < 4.78 is 0.226. The van der Waals surface area contributed by atoms with Crippen LogP contribution >= 0.6 is 24.0 Å². The number of aliphatic carboxylic acids is 1. The van der Waals surface area contributed by atoms with Crippen LogP contribution in [0.5, 0.6) is 0 Å². The normalized spacial score (nSPS) is 17.6. The van der Waals surface area contributed by atoms with E-state index < -0.39 is 18.4 Å². The first-order valence-corrected chi connectivity index (χ1v) is 6.15. The first-order valence-electron chi connectivity index (χ1n) is 4.93. The standard InChI is InChI=1S/C11H8N2O3S2/c14-9(15)6-13-10(16)8(18-11(13)17)5-7-1-3-12-4-2-7/h1-5H,6H2,(H,14,15)/p-1/b8-5+. The highest BCUT2D eigenvalue weighted by molar-refractivity contribution is 8.26. The van der Waals surface area contributed by atoms with E-state index in [2.05, 4.69) is 4.98 Å². The number of hydrogen-bond acceptors (Lipinski definition) is 6. The molecule has 5 nitrogen and oxygen atoms in total. The lowest BCUT2D eigenvalue weighted by Crippen LogP contribution is -2.40. The summed E-state index contributed by atoms with van der Waals surface area (Å²) in [6.45, 7) is -0.516. The minimum atomic E-state index is -1.34. The molecule has 0 aromatic carbocycles. The fourth-order valence-corrected chi connectivity index (χ4v) is 2.63. The molecule has 0 bridgehead atoms. The summed E-state index contributed by atoms with van der Waals surface area (Å²) >= 11 is 6.03. The lowest BCUT2D eigenvalue weighted by atomic mass is 10.2. The van der Waals surface area contributed by atoms with Crippen LogP contribution in [0.4, 0.5) is 0 Å². The number of amides is 1. The zero-order valence-electron chi connectivity index (χ0n) is 9.03. The number of hydrogen-bond donors (Lipinski definition) is 0. The SMILES string of the molecule is O=C([O-])CN1C(=O)/C(=C\c2ccncc2)SC1=S. The fourth-order valence-electron chi connectivity index (χ4n) is 1.38. The van der Waals surface area contributed by atoms with Crippen molar-refractivity contribution in [3.05, 3.63) is 35.0 Å². The Morgan fingerprint density at radius 1 is 1.50 bits per heavy atom. The van der Waals surface area contributed by atoms with Gasteiger partial charge in [0, 0.05) is 12.4 Å². The highest BCUT2D eigenvalue weighted by Crippen LogP contribution is 2.31. The second-order valence-electron chi connectivity index (χ2n) is 3.42. The Balaban J connectivity index is 2.23. The van der Waals surface area contributed by atoms with E-state index in [0.717, 1.165) is 22.2 Å². The maximum atomic E-state index is 11.9. The van der Waals surface area contributed by atoms with Crippen LogP contribution in [0.1, 0.15) is 5.56 Å². The number of carboxylic acid groups (broad SMARTS) is 1. The summed E-state index contributed by atoms with van der Waals surface area (Å²) in [4.78, 5) is 27.7. The number of carbonyl (C=O) groups is 2. The second kappa shape index (κ2) is 5.28. The topological polar surface area (TPSA) is 73.3 Å². The van der Waals surface area contributed by atoms with Crippen LogP contribution < -0.4 is 5.11 Å². The molecule has 2 rings (SSSR count). The van der Waals surface area contributed by atoms with Gasteiger partial charge in [-0.15, -0.1) is 0 Å². The molecule has 0 saturated carbocycles. The molecule has 0 N–H and O–H groups in total. The van der Waals surface area contributed by atoms with Gasteiger partial charge in [-0.2, -0.15) is 0 Å². The van der Waals surface area contributed by atoms with Crippen LogP contribution in [0, 0.1) is 0 Å². The molecule has 1 aromatic heterocycles. The number of thioether (sulfide) groups is 1. The molecule has 1 amide bonds. The van der Waals surface area contributed by atoms with Gasteiger partial charge in [0.2, 0.25) is 0 Å². The van der Waals surface area contributed by atoms with Crippen LogP contribution in [0.15, 0.2) is 29.4 Å². The first kappa shape index (κ1) is 12.7. The van der Waals surface area contributed by atoms with Crippen molar-refractivity contribution in [3.63, 3.8) is 0 Å². The number of aromatic nitrogens is 1. The third-order valence-electron chi connectivity index (χ3n) is 2.16. The van der Waals surface area contributed by atoms with Crippen LogP contribution in [-0.4, -0.2) is 32.6 Å². The number of carboxylic acids is 1. The molecule has 1 saturated heterocycles.